The molecular weight excluding hydrogens is 431 g/mol. The van der Waals surface area contributed by atoms with Gasteiger partial charge in [0.25, 0.3) is 0 Å². The summed E-state index contributed by atoms with van der Waals surface area (Å²) in [5.41, 5.74) is 2.82. The first-order valence-electron chi connectivity index (χ1n) is 7.47. The largest absolute Gasteiger partial charge is 0.392 e. The fourth-order valence-electron chi connectivity index (χ4n) is 2.84. The van der Waals surface area contributed by atoms with Crippen molar-refractivity contribution >= 4 is 45.2 Å². The summed E-state index contributed by atoms with van der Waals surface area (Å²) >= 11 is 9.90. The minimum absolute atomic E-state index is 0.155. The van der Waals surface area contributed by atoms with Crippen molar-refractivity contribution in [3.63, 3.8) is 0 Å². The molecule has 1 aromatic carbocycles. The summed E-state index contributed by atoms with van der Waals surface area (Å²) in [6.45, 7) is 1.81. The zero-order chi connectivity index (χ0) is 18.1. The van der Waals surface area contributed by atoms with Crippen molar-refractivity contribution < 1.29 is 14.0 Å². The zero-order valence-electron chi connectivity index (χ0n) is 13.2. The maximum atomic E-state index is 14.7. The van der Waals surface area contributed by atoms with Crippen LogP contribution < -0.4 is 0 Å². The van der Waals surface area contributed by atoms with E-state index in [4.69, 9.17) is 16.2 Å². The molecule has 0 saturated heterocycles. The highest BCUT2D eigenvalue weighted by Gasteiger charge is 2.21. The zero-order valence-corrected chi connectivity index (χ0v) is 16.4. The first-order chi connectivity index (χ1) is 11.9. The van der Waals surface area contributed by atoms with Gasteiger partial charge in [-0.1, -0.05) is 27.5 Å². The van der Waals surface area contributed by atoms with Gasteiger partial charge in [0, 0.05) is 39.5 Å². The second kappa shape index (κ2) is 7.63. The predicted octanol–water partition coefficient (Wildman–Crippen LogP) is 4.97. The SMILES string of the molecule is Cc1cc(Br)cc(F)c1-c1nc2cc(Cl)ccn2c1CC(O)CSO. The lowest BCUT2D eigenvalue weighted by atomic mass is 10.0. The third-order valence-corrected chi connectivity index (χ3v) is 5.10. The number of halogens is 3. The number of aromatic nitrogens is 2. The van der Waals surface area contributed by atoms with Crippen molar-refractivity contribution in [1.82, 2.24) is 9.38 Å². The number of nitrogens with zero attached hydrogens (tertiary/aromatic N) is 2. The van der Waals surface area contributed by atoms with Gasteiger partial charge in [-0.2, -0.15) is 0 Å². The number of aryl methyl sites for hydroxylation is 1. The topological polar surface area (TPSA) is 57.8 Å². The number of imidazole rings is 1. The van der Waals surface area contributed by atoms with Crippen LogP contribution in [0.2, 0.25) is 5.02 Å². The van der Waals surface area contributed by atoms with E-state index in [0.717, 1.165) is 5.56 Å². The molecule has 2 N–H and O–H groups in total. The van der Waals surface area contributed by atoms with Crippen LogP contribution in [-0.4, -0.2) is 30.9 Å². The van der Waals surface area contributed by atoms with Crippen LogP contribution in [-0.2, 0) is 6.42 Å². The first kappa shape index (κ1) is 18.7. The average Bonchev–Trinajstić information content (AvgIpc) is 2.84. The van der Waals surface area contributed by atoms with E-state index >= 15 is 0 Å². The number of aliphatic hydroxyl groups is 1. The monoisotopic (exact) mass is 444 g/mol. The Morgan fingerprint density at radius 1 is 1.40 bits per heavy atom. The van der Waals surface area contributed by atoms with Crippen molar-refractivity contribution in [1.29, 1.82) is 0 Å². The normalized spacial score (nSPS) is 12.7. The lowest BCUT2D eigenvalue weighted by Gasteiger charge is -2.12. The number of rotatable bonds is 5. The molecule has 8 heteroatoms. The molecule has 132 valence electrons. The maximum Gasteiger partial charge on any atom is 0.139 e. The fourth-order valence-corrected chi connectivity index (χ4v) is 3.82. The minimum atomic E-state index is -0.789. The molecule has 0 amide bonds. The van der Waals surface area contributed by atoms with Crippen molar-refractivity contribution in [3.05, 3.63) is 57.0 Å². The molecule has 1 atom stereocenters. The number of benzene rings is 1. The highest BCUT2D eigenvalue weighted by molar-refractivity contribution is 9.10. The van der Waals surface area contributed by atoms with Crippen LogP contribution >= 0.6 is 39.6 Å². The van der Waals surface area contributed by atoms with Crippen LogP contribution in [0.1, 0.15) is 11.3 Å². The summed E-state index contributed by atoms with van der Waals surface area (Å²) in [5, 5.41) is 10.7. The third kappa shape index (κ3) is 3.85. The first-order valence-corrected chi connectivity index (χ1v) is 9.59. The molecule has 0 aliphatic carbocycles. The van der Waals surface area contributed by atoms with Crippen LogP contribution in [0, 0.1) is 12.7 Å². The Morgan fingerprint density at radius 2 is 2.16 bits per heavy atom. The maximum absolute atomic E-state index is 14.7. The van der Waals surface area contributed by atoms with E-state index in [1.54, 1.807) is 22.7 Å². The van der Waals surface area contributed by atoms with Gasteiger partial charge in [0.05, 0.1) is 17.5 Å². The molecule has 0 fully saturated rings. The molecule has 4 nitrogen and oxygen atoms in total. The number of fused-ring (bicyclic) bond motifs is 1. The molecule has 0 bridgehead atoms. The Kier molecular flexibility index (Phi) is 5.70. The van der Waals surface area contributed by atoms with E-state index in [1.807, 2.05) is 13.0 Å². The highest BCUT2D eigenvalue weighted by Crippen LogP contribution is 2.33. The third-order valence-electron chi connectivity index (χ3n) is 3.87. The van der Waals surface area contributed by atoms with E-state index in [1.165, 1.54) is 6.07 Å². The van der Waals surface area contributed by atoms with Gasteiger partial charge in [0.1, 0.15) is 11.5 Å². The van der Waals surface area contributed by atoms with Gasteiger partial charge in [0.15, 0.2) is 0 Å². The van der Waals surface area contributed by atoms with Crippen LogP contribution in [0.25, 0.3) is 16.9 Å². The molecule has 25 heavy (non-hydrogen) atoms. The quantitative estimate of drug-likeness (QED) is 0.544. The molecule has 3 rings (SSSR count). The van der Waals surface area contributed by atoms with Crippen molar-refractivity contribution in [2.45, 2.75) is 19.4 Å². The molecule has 2 heterocycles. The minimum Gasteiger partial charge on any atom is -0.392 e. The number of pyridine rings is 1. The van der Waals surface area contributed by atoms with Crippen molar-refractivity contribution in [2.75, 3.05) is 5.75 Å². The van der Waals surface area contributed by atoms with Gasteiger partial charge in [-0.15, -0.1) is 0 Å². The van der Waals surface area contributed by atoms with Crippen LogP contribution in [0.3, 0.4) is 0 Å². The van der Waals surface area contributed by atoms with Crippen LogP contribution in [0.15, 0.2) is 34.9 Å². The van der Waals surface area contributed by atoms with Gasteiger partial charge in [0.2, 0.25) is 0 Å². The van der Waals surface area contributed by atoms with Crippen molar-refractivity contribution in [3.8, 4) is 11.3 Å². The fraction of sp³-hybridized carbons (Fsp3) is 0.235. The van der Waals surface area contributed by atoms with Gasteiger partial charge >= 0.3 is 0 Å². The molecule has 0 saturated carbocycles. The summed E-state index contributed by atoms with van der Waals surface area (Å²) in [7, 11) is 0. The Bertz CT molecular complexity index is 911. The summed E-state index contributed by atoms with van der Waals surface area (Å²) in [6, 6.07) is 6.61. The summed E-state index contributed by atoms with van der Waals surface area (Å²) in [6.07, 6.45) is 1.18. The Hall–Kier alpha value is -1.12. The molecule has 3 aromatic rings. The summed E-state index contributed by atoms with van der Waals surface area (Å²) in [4.78, 5) is 4.55. The van der Waals surface area contributed by atoms with E-state index in [2.05, 4.69) is 20.9 Å². The molecule has 0 aliphatic rings. The Morgan fingerprint density at radius 3 is 2.84 bits per heavy atom. The van der Waals surface area contributed by atoms with E-state index in [-0.39, 0.29) is 12.2 Å². The molecule has 2 aromatic heterocycles. The van der Waals surface area contributed by atoms with E-state index < -0.39 is 11.9 Å². The van der Waals surface area contributed by atoms with Gasteiger partial charge in [-0.3, -0.25) is 0 Å². The second-order valence-corrected chi connectivity index (χ2v) is 7.66. The van der Waals surface area contributed by atoms with Crippen molar-refractivity contribution in [2.24, 2.45) is 0 Å². The number of hydrogen-bond acceptors (Lipinski definition) is 4. The van der Waals surface area contributed by atoms with Crippen LogP contribution in [0.4, 0.5) is 4.39 Å². The van der Waals surface area contributed by atoms with E-state index in [0.29, 0.717) is 44.1 Å². The molecule has 0 aliphatic heterocycles. The second-order valence-electron chi connectivity index (χ2n) is 5.71. The molecule has 0 spiro atoms. The molecular formula is C17H15BrClFN2O2S. The lowest BCUT2D eigenvalue weighted by molar-refractivity contribution is 0.197. The smallest absolute Gasteiger partial charge is 0.139 e. The summed E-state index contributed by atoms with van der Waals surface area (Å²) < 4.78 is 26.1. The van der Waals surface area contributed by atoms with E-state index in [9.17, 15) is 9.50 Å². The van der Waals surface area contributed by atoms with Gasteiger partial charge in [-0.05, 0) is 42.7 Å². The number of hydrogen-bond donors (Lipinski definition) is 2. The van der Waals surface area contributed by atoms with Gasteiger partial charge in [-0.25, -0.2) is 9.37 Å². The predicted molar refractivity (Wildman–Crippen MR) is 103 cm³/mol. The Balaban J connectivity index is 2.23. The highest BCUT2D eigenvalue weighted by atomic mass is 79.9. The lowest BCUT2D eigenvalue weighted by Crippen LogP contribution is -2.15. The van der Waals surface area contributed by atoms with Crippen LogP contribution in [0.5, 0.6) is 0 Å². The Labute approximate surface area is 162 Å². The molecule has 0 radical (unpaired) electrons. The average molecular weight is 446 g/mol. The molecule has 1 unspecified atom stereocenters. The summed E-state index contributed by atoms with van der Waals surface area (Å²) in [5.74, 6) is -0.240. The number of aliphatic hydroxyl groups excluding tert-OH is 1. The standard InChI is InChI=1S/C17H15BrClFN2O2S/c1-9-4-10(18)5-13(20)16(9)17-14(7-12(23)8-25-24)22-3-2-11(19)6-15(22)21-17/h2-6,12,23-24H,7-8H2,1H3. The van der Waals surface area contributed by atoms with Gasteiger partial charge < -0.3 is 14.1 Å².